The Bertz CT molecular complexity index is 851. The Morgan fingerprint density at radius 1 is 1.10 bits per heavy atom. The van der Waals surface area contributed by atoms with Crippen LogP contribution in [0.2, 0.25) is 0 Å². The Morgan fingerprint density at radius 2 is 1.86 bits per heavy atom. The molecular weight excluding hydrogens is 364 g/mol. The highest BCUT2D eigenvalue weighted by atomic mass is 16.2. The van der Waals surface area contributed by atoms with E-state index in [1.165, 1.54) is 5.56 Å². The molecule has 1 heterocycles. The topological polar surface area (TPSA) is 73.5 Å². The first-order valence-electron chi connectivity index (χ1n) is 10.2. The number of nitrogens with one attached hydrogen (secondary N) is 3. The molecule has 29 heavy (non-hydrogen) atoms. The third kappa shape index (κ3) is 6.06. The highest BCUT2D eigenvalue weighted by Crippen LogP contribution is 2.21. The standard InChI is InChI=1S/C23H30N4O2/c1-16(2)22(28)24-19-10-9-17(3)21(13-19)26-23(29)25-20-11-12-27(15-20)14-18-7-5-4-6-8-18/h4-10,13,16,20H,11-12,14-15H2,1-3H3,(H,24,28)(H2,25,26,29). The maximum absolute atomic E-state index is 12.5. The zero-order valence-electron chi connectivity index (χ0n) is 17.4. The van der Waals surface area contributed by atoms with Gasteiger partial charge in [0.1, 0.15) is 0 Å². The highest BCUT2D eigenvalue weighted by molar-refractivity contribution is 5.94. The van der Waals surface area contributed by atoms with E-state index in [4.69, 9.17) is 0 Å². The lowest BCUT2D eigenvalue weighted by molar-refractivity contribution is -0.118. The minimum atomic E-state index is -0.216. The number of aryl methyl sites for hydroxylation is 1. The van der Waals surface area contributed by atoms with Crippen molar-refractivity contribution in [2.24, 2.45) is 5.92 Å². The van der Waals surface area contributed by atoms with E-state index < -0.39 is 0 Å². The molecule has 6 heteroatoms. The van der Waals surface area contributed by atoms with Crippen LogP contribution in [0.15, 0.2) is 48.5 Å². The fraction of sp³-hybridized carbons (Fsp3) is 0.391. The summed E-state index contributed by atoms with van der Waals surface area (Å²) in [6, 6.07) is 15.8. The molecule has 1 saturated heterocycles. The predicted molar refractivity (Wildman–Crippen MR) is 117 cm³/mol. The molecule has 0 spiro atoms. The summed E-state index contributed by atoms with van der Waals surface area (Å²) in [6.45, 7) is 8.33. The average molecular weight is 395 g/mol. The molecule has 0 saturated carbocycles. The first-order chi connectivity index (χ1) is 13.9. The SMILES string of the molecule is Cc1ccc(NC(=O)C(C)C)cc1NC(=O)NC1CCN(Cc2ccccc2)C1. The van der Waals surface area contributed by atoms with Crippen molar-refractivity contribution in [3.63, 3.8) is 0 Å². The van der Waals surface area contributed by atoms with Gasteiger partial charge in [-0.05, 0) is 36.6 Å². The van der Waals surface area contributed by atoms with E-state index in [0.717, 1.165) is 31.6 Å². The van der Waals surface area contributed by atoms with Crippen LogP contribution in [0.4, 0.5) is 16.2 Å². The van der Waals surface area contributed by atoms with E-state index in [2.05, 4.69) is 45.1 Å². The summed E-state index contributed by atoms with van der Waals surface area (Å²) in [6.07, 6.45) is 0.934. The summed E-state index contributed by atoms with van der Waals surface area (Å²) < 4.78 is 0. The monoisotopic (exact) mass is 394 g/mol. The van der Waals surface area contributed by atoms with E-state index in [1.54, 1.807) is 6.07 Å². The number of carbonyl (C=O) groups is 2. The Morgan fingerprint density at radius 3 is 2.59 bits per heavy atom. The molecule has 0 aliphatic carbocycles. The summed E-state index contributed by atoms with van der Waals surface area (Å²) in [5, 5.41) is 8.86. The van der Waals surface area contributed by atoms with Gasteiger partial charge in [-0.25, -0.2) is 4.79 Å². The highest BCUT2D eigenvalue weighted by Gasteiger charge is 2.24. The molecule has 1 unspecified atom stereocenters. The lowest BCUT2D eigenvalue weighted by Crippen LogP contribution is -2.39. The molecule has 3 amide bonds. The zero-order chi connectivity index (χ0) is 20.8. The van der Waals surface area contributed by atoms with Crippen LogP contribution < -0.4 is 16.0 Å². The van der Waals surface area contributed by atoms with Gasteiger partial charge in [0, 0.05) is 43.0 Å². The van der Waals surface area contributed by atoms with E-state index >= 15 is 0 Å². The van der Waals surface area contributed by atoms with Crippen molar-refractivity contribution in [1.82, 2.24) is 10.2 Å². The second-order valence-electron chi connectivity index (χ2n) is 7.98. The molecule has 2 aromatic carbocycles. The maximum atomic E-state index is 12.5. The lowest BCUT2D eigenvalue weighted by Gasteiger charge is -2.18. The summed E-state index contributed by atoms with van der Waals surface area (Å²) in [4.78, 5) is 26.8. The van der Waals surface area contributed by atoms with Crippen molar-refractivity contribution < 1.29 is 9.59 Å². The molecule has 0 bridgehead atoms. The van der Waals surface area contributed by atoms with Crippen LogP contribution in [-0.4, -0.2) is 36.0 Å². The Hall–Kier alpha value is -2.86. The fourth-order valence-corrected chi connectivity index (χ4v) is 3.40. The van der Waals surface area contributed by atoms with Crippen LogP contribution in [0.5, 0.6) is 0 Å². The first kappa shape index (κ1) is 20.9. The number of urea groups is 1. The largest absolute Gasteiger partial charge is 0.334 e. The number of hydrogen-bond donors (Lipinski definition) is 3. The van der Waals surface area contributed by atoms with E-state index in [9.17, 15) is 9.59 Å². The number of carbonyl (C=O) groups excluding carboxylic acids is 2. The number of benzene rings is 2. The van der Waals surface area contributed by atoms with Gasteiger partial charge >= 0.3 is 6.03 Å². The van der Waals surface area contributed by atoms with Gasteiger partial charge in [-0.2, -0.15) is 0 Å². The molecule has 1 aliphatic heterocycles. The van der Waals surface area contributed by atoms with Gasteiger partial charge in [0.15, 0.2) is 0 Å². The smallest absolute Gasteiger partial charge is 0.319 e. The minimum Gasteiger partial charge on any atom is -0.334 e. The van der Waals surface area contributed by atoms with Crippen LogP contribution in [-0.2, 0) is 11.3 Å². The van der Waals surface area contributed by atoms with E-state index in [0.29, 0.717) is 11.4 Å². The molecular formula is C23H30N4O2. The van der Waals surface area contributed by atoms with Crippen LogP contribution in [0.1, 0.15) is 31.4 Å². The van der Waals surface area contributed by atoms with E-state index in [-0.39, 0.29) is 23.9 Å². The Labute approximate surface area is 172 Å². The molecule has 6 nitrogen and oxygen atoms in total. The summed E-state index contributed by atoms with van der Waals surface area (Å²) in [7, 11) is 0. The molecule has 3 N–H and O–H groups in total. The summed E-state index contributed by atoms with van der Waals surface area (Å²) in [5.74, 6) is -0.147. The van der Waals surface area contributed by atoms with Gasteiger partial charge in [-0.3, -0.25) is 9.69 Å². The number of anilines is 2. The molecule has 2 aromatic rings. The molecule has 1 aliphatic rings. The Balaban J connectivity index is 1.52. The van der Waals surface area contributed by atoms with Gasteiger partial charge in [-0.1, -0.05) is 50.2 Å². The predicted octanol–water partition coefficient (Wildman–Crippen LogP) is 3.99. The maximum Gasteiger partial charge on any atom is 0.319 e. The van der Waals surface area contributed by atoms with Crippen LogP contribution >= 0.6 is 0 Å². The van der Waals surface area contributed by atoms with Crippen molar-refractivity contribution in [2.75, 3.05) is 23.7 Å². The normalized spacial score (nSPS) is 16.6. The average Bonchev–Trinajstić information content (AvgIpc) is 3.11. The van der Waals surface area contributed by atoms with Crippen molar-refractivity contribution in [3.05, 3.63) is 59.7 Å². The van der Waals surface area contributed by atoms with Crippen molar-refractivity contribution >= 4 is 23.3 Å². The summed E-state index contributed by atoms with van der Waals surface area (Å²) in [5.41, 5.74) is 3.61. The molecule has 0 radical (unpaired) electrons. The summed E-state index contributed by atoms with van der Waals surface area (Å²) >= 11 is 0. The molecule has 3 rings (SSSR count). The van der Waals surface area contributed by atoms with Gasteiger partial charge in [-0.15, -0.1) is 0 Å². The third-order valence-electron chi connectivity index (χ3n) is 5.13. The number of nitrogens with zero attached hydrogens (tertiary/aromatic N) is 1. The van der Waals surface area contributed by atoms with Gasteiger partial charge < -0.3 is 16.0 Å². The number of amides is 3. The third-order valence-corrected chi connectivity index (χ3v) is 5.13. The molecule has 1 atom stereocenters. The quantitative estimate of drug-likeness (QED) is 0.694. The molecule has 154 valence electrons. The van der Waals surface area contributed by atoms with Crippen molar-refractivity contribution in [1.29, 1.82) is 0 Å². The van der Waals surface area contributed by atoms with Crippen LogP contribution in [0.3, 0.4) is 0 Å². The van der Waals surface area contributed by atoms with E-state index in [1.807, 2.05) is 39.0 Å². The van der Waals surface area contributed by atoms with Crippen molar-refractivity contribution in [3.8, 4) is 0 Å². The fourth-order valence-electron chi connectivity index (χ4n) is 3.40. The number of hydrogen-bond acceptors (Lipinski definition) is 3. The second kappa shape index (κ2) is 9.56. The minimum absolute atomic E-state index is 0.0475. The van der Waals surface area contributed by atoms with Gasteiger partial charge in [0.2, 0.25) is 5.91 Å². The zero-order valence-corrected chi connectivity index (χ0v) is 17.4. The second-order valence-corrected chi connectivity index (χ2v) is 7.98. The Kier molecular flexibility index (Phi) is 6.88. The van der Waals surface area contributed by atoms with Crippen molar-refractivity contribution in [2.45, 2.75) is 39.8 Å². The van der Waals surface area contributed by atoms with Gasteiger partial charge in [0.25, 0.3) is 0 Å². The van der Waals surface area contributed by atoms with Crippen LogP contribution in [0, 0.1) is 12.8 Å². The number of rotatable bonds is 6. The first-order valence-corrected chi connectivity index (χ1v) is 10.2. The number of likely N-dealkylation sites (tertiary alicyclic amines) is 1. The van der Waals surface area contributed by atoms with Crippen LogP contribution in [0.25, 0.3) is 0 Å². The molecule has 1 fully saturated rings. The molecule has 0 aromatic heterocycles. The van der Waals surface area contributed by atoms with Gasteiger partial charge in [0.05, 0.1) is 0 Å². The lowest BCUT2D eigenvalue weighted by atomic mass is 10.1.